The fourth-order valence-electron chi connectivity index (χ4n) is 3.85. The van der Waals surface area contributed by atoms with Gasteiger partial charge < -0.3 is 4.90 Å². The summed E-state index contributed by atoms with van der Waals surface area (Å²) in [6.07, 6.45) is 12.1. The average molecular weight is 372 g/mol. The molecule has 0 radical (unpaired) electrons. The number of carbonyl (C=O) groups is 1. The van der Waals surface area contributed by atoms with E-state index in [4.69, 9.17) is 0 Å². The fraction of sp³-hybridized carbons (Fsp3) is 0.304. The largest absolute Gasteiger partial charge is 0.336 e. The minimum atomic E-state index is 0.126. The first kappa shape index (κ1) is 18.3. The van der Waals surface area contributed by atoms with E-state index in [0.29, 0.717) is 0 Å². The van der Waals surface area contributed by atoms with Crippen molar-refractivity contribution in [1.82, 2.24) is 19.9 Å². The highest BCUT2D eigenvalue weighted by molar-refractivity contribution is 5.95. The molecule has 0 N–H and O–H groups in total. The van der Waals surface area contributed by atoms with Gasteiger partial charge in [0, 0.05) is 48.0 Å². The zero-order valence-corrected chi connectivity index (χ0v) is 15.9. The minimum absolute atomic E-state index is 0.126. The Labute approximate surface area is 165 Å². The lowest BCUT2D eigenvalue weighted by atomic mass is 9.96. The predicted octanol–water partition coefficient (Wildman–Crippen LogP) is 4.17. The number of hydrogen-bond acceptors (Lipinski definition) is 4. The maximum Gasteiger partial charge on any atom is 0.254 e. The van der Waals surface area contributed by atoms with Gasteiger partial charge in [0.15, 0.2) is 0 Å². The Balaban J connectivity index is 1.45. The molecular formula is C23H24N4O. The first-order valence-electron chi connectivity index (χ1n) is 9.87. The molecule has 1 fully saturated rings. The number of aromatic nitrogens is 3. The topological polar surface area (TPSA) is 59.0 Å². The third-order valence-electron chi connectivity index (χ3n) is 5.37. The smallest absolute Gasteiger partial charge is 0.254 e. The predicted molar refractivity (Wildman–Crippen MR) is 109 cm³/mol. The standard InChI is InChI=1S/C23H24N4O/c28-23(19-9-7-18(8-10-19)20-15-24-17-25-16-20)27-14-4-2-6-22(27)12-11-21-5-1-3-13-26-21/h1,3,5,7-10,13,15-17,22H,2,4,6,11-12,14H2/t22-/m0/s1. The van der Waals surface area contributed by atoms with Gasteiger partial charge in [0.25, 0.3) is 5.91 Å². The van der Waals surface area contributed by atoms with Gasteiger partial charge in [0.1, 0.15) is 6.33 Å². The van der Waals surface area contributed by atoms with Crippen LogP contribution < -0.4 is 0 Å². The van der Waals surface area contributed by atoms with Crippen molar-refractivity contribution in [3.63, 3.8) is 0 Å². The van der Waals surface area contributed by atoms with Crippen LogP contribution in [0.4, 0.5) is 0 Å². The number of nitrogens with zero attached hydrogens (tertiary/aromatic N) is 4. The van der Waals surface area contributed by atoms with Gasteiger partial charge in [-0.25, -0.2) is 9.97 Å². The molecule has 0 aliphatic carbocycles. The van der Waals surface area contributed by atoms with E-state index in [9.17, 15) is 4.79 Å². The lowest BCUT2D eigenvalue weighted by Gasteiger charge is -2.36. The molecule has 1 atom stereocenters. The van der Waals surface area contributed by atoms with E-state index in [1.165, 1.54) is 12.7 Å². The number of pyridine rings is 1. The molecule has 142 valence electrons. The molecule has 0 spiro atoms. The molecular weight excluding hydrogens is 348 g/mol. The van der Waals surface area contributed by atoms with Gasteiger partial charge in [0.2, 0.25) is 0 Å². The second kappa shape index (κ2) is 8.74. The number of benzene rings is 1. The van der Waals surface area contributed by atoms with Gasteiger partial charge in [-0.2, -0.15) is 0 Å². The minimum Gasteiger partial charge on any atom is -0.336 e. The summed E-state index contributed by atoms with van der Waals surface area (Å²) >= 11 is 0. The summed E-state index contributed by atoms with van der Waals surface area (Å²) < 4.78 is 0. The molecule has 1 saturated heterocycles. The van der Waals surface area contributed by atoms with Crippen LogP contribution in [0.3, 0.4) is 0 Å². The zero-order chi connectivity index (χ0) is 19.2. The Morgan fingerprint density at radius 3 is 2.57 bits per heavy atom. The van der Waals surface area contributed by atoms with E-state index >= 15 is 0 Å². The molecule has 0 bridgehead atoms. The number of likely N-dealkylation sites (tertiary alicyclic amines) is 1. The van der Waals surface area contributed by atoms with E-state index in [0.717, 1.165) is 54.6 Å². The van der Waals surface area contributed by atoms with Crippen molar-refractivity contribution in [2.45, 2.75) is 38.1 Å². The summed E-state index contributed by atoms with van der Waals surface area (Å²) in [5.41, 5.74) is 3.80. The van der Waals surface area contributed by atoms with Crippen molar-refractivity contribution in [3.8, 4) is 11.1 Å². The van der Waals surface area contributed by atoms with Crippen LogP contribution in [0.25, 0.3) is 11.1 Å². The van der Waals surface area contributed by atoms with E-state index in [2.05, 4.69) is 25.9 Å². The molecule has 3 aromatic rings. The summed E-state index contributed by atoms with van der Waals surface area (Å²) in [6, 6.07) is 14.1. The third kappa shape index (κ3) is 4.25. The van der Waals surface area contributed by atoms with Crippen molar-refractivity contribution >= 4 is 5.91 Å². The maximum atomic E-state index is 13.2. The molecule has 1 aliphatic heterocycles. The second-order valence-electron chi connectivity index (χ2n) is 7.21. The monoisotopic (exact) mass is 372 g/mol. The molecule has 3 heterocycles. The molecule has 1 aromatic carbocycles. The van der Waals surface area contributed by atoms with Gasteiger partial charge in [0.05, 0.1) is 0 Å². The first-order valence-corrected chi connectivity index (χ1v) is 9.87. The van der Waals surface area contributed by atoms with Crippen molar-refractivity contribution in [1.29, 1.82) is 0 Å². The average Bonchev–Trinajstić information content (AvgIpc) is 2.79. The first-order chi connectivity index (χ1) is 13.8. The number of hydrogen-bond donors (Lipinski definition) is 0. The lowest BCUT2D eigenvalue weighted by molar-refractivity contribution is 0.0601. The fourth-order valence-corrected chi connectivity index (χ4v) is 3.85. The van der Waals surface area contributed by atoms with Crippen molar-refractivity contribution < 1.29 is 4.79 Å². The molecule has 1 aliphatic rings. The molecule has 0 saturated carbocycles. The molecule has 2 aromatic heterocycles. The summed E-state index contributed by atoms with van der Waals surface area (Å²) in [6.45, 7) is 0.833. The zero-order valence-electron chi connectivity index (χ0n) is 15.9. The summed E-state index contributed by atoms with van der Waals surface area (Å²) in [4.78, 5) is 27.7. The normalized spacial score (nSPS) is 16.7. The number of carbonyl (C=O) groups excluding carboxylic acids is 1. The Kier molecular flexibility index (Phi) is 5.71. The Morgan fingerprint density at radius 2 is 1.82 bits per heavy atom. The van der Waals surface area contributed by atoms with Gasteiger partial charge >= 0.3 is 0 Å². The van der Waals surface area contributed by atoms with Crippen LogP contribution in [0, 0.1) is 0 Å². The van der Waals surface area contributed by atoms with Crippen LogP contribution in [-0.4, -0.2) is 38.3 Å². The summed E-state index contributed by atoms with van der Waals surface area (Å²) in [7, 11) is 0. The van der Waals surface area contributed by atoms with E-state index in [1.807, 2.05) is 42.6 Å². The van der Waals surface area contributed by atoms with Crippen LogP contribution >= 0.6 is 0 Å². The quantitative estimate of drug-likeness (QED) is 0.675. The molecule has 5 heteroatoms. The summed E-state index contributed by atoms with van der Waals surface area (Å²) in [5, 5.41) is 0. The number of amides is 1. The van der Waals surface area contributed by atoms with E-state index in [1.54, 1.807) is 12.4 Å². The van der Waals surface area contributed by atoms with Crippen LogP contribution in [0.1, 0.15) is 41.7 Å². The number of rotatable bonds is 5. The van der Waals surface area contributed by atoms with Crippen LogP contribution in [-0.2, 0) is 6.42 Å². The van der Waals surface area contributed by atoms with E-state index in [-0.39, 0.29) is 11.9 Å². The Morgan fingerprint density at radius 1 is 1.00 bits per heavy atom. The Bertz CT molecular complexity index is 897. The molecule has 28 heavy (non-hydrogen) atoms. The maximum absolute atomic E-state index is 13.2. The van der Waals surface area contributed by atoms with Crippen molar-refractivity contribution in [3.05, 3.63) is 78.6 Å². The highest BCUT2D eigenvalue weighted by Gasteiger charge is 2.27. The van der Waals surface area contributed by atoms with E-state index < -0.39 is 0 Å². The molecule has 4 rings (SSSR count). The van der Waals surface area contributed by atoms with Crippen LogP contribution in [0.5, 0.6) is 0 Å². The van der Waals surface area contributed by atoms with Gasteiger partial charge in [-0.1, -0.05) is 18.2 Å². The number of aryl methyl sites for hydroxylation is 1. The second-order valence-corrected chi connectivity index (χ2v) is 7.21. The molecule has 1 amide bonds. The van der Waals surface area contributed by atoms with Crippen molar-refractivity contribution in [2.24, 2.45) is 0 Å². The van der Waals surface area contributed by atoms with Crippen LogP contribution in [0.2, 0.25) is 0 Å². The van der Waals surface area contributed by atoms with Gasteiger partial charge in [-0.15, -0.1) is 0 Å². The van der Waals surface area contributed by atoms with Crippen molar-refractivity contribution in [2.75, 3.05) is 6.54 Å². The number of piperidine rings is 1. The van der Waals surface area contributed by atoms with Crippen LogP contribution in [0.15, 0.2) is 67.4 Å². The third-order valence-corrected chi connectivity index (χ3v) is 5.37. The molecule has 0 unspecified atom stereocenters. The van der Waals surface area contributed by atoms with Gasteiger partial charge in [-0.05, 0) is 61.9 Å². The lowest BCUT2D eigenvalue weighted by Crippen LogP contribution is -2.44. The summed E-state index contributed by atoms with van der Waals surface area (Å²) in [5.74, 6) is 0.126. The SMILES string of the molecule is O=C(c1ccc(-c2cncnc2)cc1)N1CCCC[C@H]1CCc1ccccn1. The van der Waals surface area contributed by atoms with Gasteiger partial charge in [-0.3, -0.25) is 9.78 Å². The molecule has 5 nitrogen and oxygen atoms in total. The highest BCUT2D eigenvalue weighted by Crippen LogP contribution is 2.24. The highest BCUT2D eigenvalue weighted by atomic mass is 16.2. The Hall–Kier alpha value is -3.08.